The summed E-state index contributed by atoms with van der Waals surface area (Å²) in [6, 6.07) is 8.66. The molecule has 0 aromatic heterocycles. The van der Waals surface area contributed by atoms with Gasteiger partial charge in [0.05, 0.1) is 12.7 Å². The van der Waals surface area contributed by atoms with Gasteiger partial charge in [-0.05, 0) is 36.8 Å². The van der Waals surface area contributed by atoms with Crippen molar-refractivity contribution in [2.24, 2.45) is 0 Å². The highest BCUT2D eigenvalue weighted by atomic mass is 32.2. The summed E-state index contributed by atoms with van der Waals surface area (Å²) in [4.78, 5) is 1.32. The molecule has 1 aromatic carbocycles. The van der Waals surface area contributed by atoms with Gasteiger partial charge in [0.1, 0.15) is 0 Å². The van der Waals surface area contributed by atoms with Crippen molar-refractivity contribution in [2.45, 2.75) is 43.3 Å². The molecule has 0 heterocycles. The van der Waals surface area contributed by atoms with Crippen molar-refractivity contribution in [1.82, 2.24) is 0 Å². The Morgan fingerprint density at radius 3 is 2.47 bits per heavy atom. The Balaban J connectivity index is 1.82. The first-order valence-corrected chi connectivity index (χ1v) is 6.85. The van der Waals surface area contributed by atoms with Crippen molar-refractivity contribution < 1.29 is 4.74 Å². The number of thioether (sulfide) groups is 1. The molecule has 0 radical (unpaired) electrons. The van der Waals surface area contributed by atoms with Gasteiger partial charge in [0.25, 0.3) is 0 Å². The smallest absolute Gasteiger partial charge is 0.0720 e. The fourth-order valence-corrected chi connectivity index (χ4v) is 2.40. The summed E-state index contributed by atoms with van der Waals surface area (Å²) in [6.07, 6.45) is 7.81. The molecule has 0 aliphatic heterocycles. The van der Waals surface area contributed by atoms with E-state index >= 15 is 0 Å². The average Bonchev–Trinajstić information content (AvgIpc) is 2.80. The predicted octanol–water partition coefficient (Wildman–Crippen LogP) is 3.87. The van der Waals surface area contributed by atoms with Crippen molar-refractivity contribution in [3.05, 3.63) is 29.8 Å². The summed E-state index contributed by atoms with van der Waals surface area (Å²) in [5.74, 6) is 0. The van der Waals surface area contributed by atoms with E-state index in [1.807, 2.05) is 0 Å². The van der Waals surface area contributed by atoms with Crippen molar-refractivity contribution in [1.29, 1.82) is 0 Å². The molecular formula is C13H18OS. The van der Waals surface area contributed by atoms with Crippen LogP contribution in [0.15, 0.2) is 29.2 Å². The fraction of sp³-hybridized carbons (Fsp3) is 0.538. The molecule has 0 spiro atoms. The maximum atomic E-state index is 5.86. The van der Waals surface area contributed by atoms with E-state index in [1.54, 1.807) is 11.8 Å². The quantitative estimate of drug-likeness (QED) is 0.715. The van der Waals surface area contributed by atoms with Gasteiger partial charge in [-0.15, -0.1) is 11.8 Å². The lowest BCUT2D eigenvalue weighted by Crippen LogP contribution is -2.06. The molecule has 2 rings (SSSR count). The summed E-state index contributed by atoms with van der Waals surface area (Å²) in [5, 5.41) is 0. The molecule has 0 bridgehead atoms. The van der Waals surface area contributed by atoms with Crippen LogP contribution in [0.1, 0.15) is 31.2 Å². The van der Waals surface area contributed by atoms with Crippen molar-refractivity contribution in [3.8, 4) is 0 Å². The molecule has 1 aromatic rings. The van der Waals surface area contributed by atoms with Crippen LogP contribution in [0.25, 0.3) is 0 Å². The second-order valence-electron chi connectivity index (χ2n) is 4.07. The van der Waals surface area contributed by atoms with Crippen LogP contribution in [-0.4, -0.2) is 12.4 Å². The molecule has 1 aliphatic rings. The first kappa shape index (κ1) is 11.0. The van der Waals surface area contributed by atoms with E-state index < -0.39 is 0 Å². The van der Waals surface area contributed by atoms with Crippen molar-refractivity contribution in [2.75, 3.05) is 6.26 Å². The van der Waals surface area contributed by atoms with E-state index in [9.17, 15) is 0 Å². The van der Waals surface area contributed by atoms with E-state index in [0.29, 0.717) is 6.10 Å². The summed E-state index contributed by atoms with van der Waals surface area (Å²) in [6.45, 7) is 0.777. The van der Waals surface area contributed by atoms with Gasteiger partial charge in [-0.25, -0.2) is 0 Å². The van der Waals surface area contributed by atoms with Gasteiger partial charge in [0, 0.05) is 4.90 Å². The number of hydrogen-bond donors (Lipinski definition) is 0. The minimum atomic E-state index is 0.519. The molecule has 0 amide bonds. The van der Waals surface area contributed by atoms with E-state index in [1.165, 1.54) is 36.1 Å². The molecule has 1 nitrogen and oxygen atoms in total. The van der Waals surface area contributed by atoms with Gasteiger partial charge in [0.15, 0.2) is 0 Å². The van der Waals surface area contributed by atoms with Gasteiger partial charge in [-0.3, -0.25) is 0 Å². The first-order chi connectivity index (χ1) is 7.38. The molecular weight excluding hydrogens is 204 g/mol. The van der Waals surface area contributed by atoms with Crippen molar-refractivity contribution in [3.63, 3.8) is 0 Å². The summed E-state index contributed by atoms with van der Waals surface area (Å²) >= 11 is 1.78. The maximum Gasteiger partial charge on any atom is 0.0720 e. The minimum absolute atomic E-state index is 0.519. The fourth-order valence-electron chi connectivity index (χ4n) is 1.99. The third kappa shape index (κ3) is 3.25. The summed E-state index contributed by atoms with van der Waals surface area (Å²) < 4.78 is 5.86. The van der Waals surface area contributed by atoms with Gasteiger partial charge < -0.3 is 4.74 Å². The highest BCUT2D eigenvalue weighted by Crippen LogP contribution is 2.22. The SMILES string of the molecule is CSc1ccc(COC2CCCC2)cc1. The number of benzene rings is 1. The lowest BCUT2D eigenvalue weighted by molar-refractivity contribution is 0.0457. The monoisotopic (exact) mass is 222 g/mol. The second-order valence-corrected chi connectivity index (χ2v) is 4.95. The van der Waals surface area contributed by atoms with Crippen LogP contribution in [0.4, 0.5) is 0 Å². The van der Waals surface area contributed by atoms with E-state index in [4.69, 9.17) is 4.74 Å². The zero-order valence-electron chi connectivity index (χ0n) is 9.24. The van der Waals surface area contributed by atoms with Gasteiger partial charge >= 0.3 is 0 Å². The topological polar surface area (TPSA) is 9.23 Å². The maximum absolute atomic E-state index is 5.86. The van der Waals surface area contributed by atoms with Crippen LogP contribution < -0.4 is 0 Å². The molecule has 82 valence electrons. The lowest BCUT2D eigenvalue weighted by atomic mass is 10.2. The largest absolute Gasteiger partial charge is 0.374 e. The molecule has 1 saturated carbocycles. The third-order valence-corrected chi connectivity index (χ3v) is 3.69. The Bertz CT molecular complexity index is 288. The van der Waals surface area contributed by atoms with Gasteiger partial charge in [-0.2, -0.15) is 0 Å². The van der Waals surface area contributed by atoms with E-state index in [2.05, 4.69) is 30.5 Å². The normalized spacial score (nSPS) is 17.1. The van der Waals surface area contributed by atoms with E-state index in [-0.39, 0.29) is 0 Å². The Kier molecular flexibility index (Phi) is 4.09. The van der Waals surface area contributed by atoms with Crippen molar-refractivity contribution >= 4 is 11.8 Å². The average molecular weight is 222 g/mol. The number of ether oxygens (including phenoxy) is 1. The minimum Gasteiger partial charge on any atom is -0.374 e. The second kappa shape index (κ2) is 5.57. The standard InChI is InChI=1S/C13H18OS/c1-15-13-8-6-11(7-9-13)10-14-12-4-2-3-5-12/h6-9,12H,2-5,10H2,1H3. The van der Waals surface area contributed by atoms with Crippen LogP contribution in [0.3, 0.4) is 0 Å². The highest BCUT2D eigenvalue weighted by molar-refractivity contribution is 7.98. The van der Waals surface area contributed by atoms with Crippen LogP contribution in [0, 0.1) is 0 Å². The molecule has 1 aliphatic carbocycles. The molecule has 15 heavy (non-hydrogen) atoms. The Morgan fingerprint density at radius 2 is 1.87 bits per heavy atom. The van der Waals surface area contributed by atoms with Crippen LogP contribution in [0.5, 0.6) is 0 Å². The van der Waals surface area contributed by atoms with Gasteiger partial charge in [0.2, 0.25) is 0 Å². The molecule has 0 atom stereocenters. The summed E-state index contributed by atoms with van der Waals surface area (Å²) in [7, 11) is 0. The van der Waals surface area contributed by atoms with Crippen LogP contribution in [0.2, 0.25) is 0 Å². The lowest BCUT2D eigenvalue weighted by Gasteiger charge is -2.10. The molecule has 0 unspecified atom stereocenters. The molecule has 2 heteroatoms. The third-order valence-electron chi connectivity index (χ3n) is 2.95. The first-order valence-electron chi connectivity index (χ1n) is 5.63. The Hall–Kier alpha value is -0.470. The van der Waals surface area contributed by atoms with Crippen LogP contribution in [-0.2, 0) is 11.3 Å². The number of hydrogen-bond acceptors (Lipinski definition) is 2. The van der Waals surface area contributed by atoms with Crippen LogP contribution >= 0.6 is 11.8 Å². The Morgan fingerprint density at radius 1 is 1.20 bits per heavy atom. The molecule has 1 fully saturated rings. The molecule has 0 N–H and O–H groups in total. The zero-order valence-corrected chi connectivity index (χ0v) is 10.1. The zero-order chi connectivity index (χ0) is 10.5. The van der Waals surface area contributed by atoms with Gasteiger partial charge in [-0.1, -0.05) is 25.0 Å². The Labute approximate surface area is 96.2 Å². The van der Waals surface area contributed by atoms with E-state index in [0.717, 1.165) is 6.61 Å². The highest BCUT2D eigenvalue weighted by Gasteiger charge is 2.14. The predicted molar refractivity (Wildman–Crippen MR) is 65.3 cm³/mol. The molecule has 0 saturated heterocycles. The summed E-state index contributed by atoms with van der Waals surface area (Å²) in [5.41, 5.74) is 1.29. The number of rotatable bonds is 4.